The molecule has 0 aliphatic heterocycles. The van der Waals surface area contributed by atoms with Gasteiger partial charge in [0.15, 0.2) is 10.3 Å². The van der Waals surface area contributed by atoms with Crippen molar-refractivity contribution in [1.82, 2.24) is 9.97 Å². The number of carbonyl (C=O) groups is 1. The fraction of sp³-hybridized carbons (Fsp3) is 0.100. The summed E-state index contributed by atoms with van der Waals surface area (Å²) in [6.45, 7) is 0. The SMILES string of the molecule is O=C(O)Cc1csc(Nc2cccnc2Cl)n1. The molecule has 0 atom stereocenters. The van der Waals surface area contributed by atoms with Gasteiger partial charge in [-0.2, -0.15) is 0 Å². The van der Waals surface area contributed by atoms with Crippen molar-refractivity contribution in [3.8, 4) is 0 Å². The van der Waals surface area contributed by atoms with Crippen molar-refractivity contribution in [2.45, 2.75) is 6.42 Å². The Labute approximate surface area is 106 Å². The summed E-state index contributed by atoms with van der Waals surface area (Å²) in [4.78, 5) is 18.5. The first-order valence-corrected chi connectivity index (χ1v) is 5.94. The molecule has 0 unspecified atom stereocenters. The lowest BCUT2D eigenvalue weighted by molar-refractivity contribution is -0.136. The molecule has 0 fully saturated rings. The highest BCUT2D eigenvalue weighted by atomic mass is 35.5. The number of anilines is 2. The number of nitrogens with one attached hydrogen (secondary N) is 1. The van der Waals surface area contributed by atoms with E-state index in [-0.39, 0.29) is 6.42 Å². The lowest BCUT2D eigenvalue weighted by atomic mass is 10.3. The van der Waals surface area contributed by atoms with E-state index in [2.05, 4.69) is 15.3 Å². The van der Waals surface area contributed by atoms with Crippen LogP contribution in [0.4, 0.5) is 10.8 Å². The summed E-state index contributed by atoms with van der Waals surface area (Å²) in [5.74, 6) is -0.902. The van der Waals surface area contributed by atoms with Gasteiger partial charge in [-0.05, 0) is 12.1 Å². The minimum Gasteiger partial charge on any atom is -0.481 e. The Morgan fingerprint density at radius 2 is 2.41 bits per heavy atom. The molecule has 88 valence electrons. The molecule has 2 heterocycles. The van der Waals surface area contributed by atoms with Crippen LogP contribution in [0, 0.1) is 0 Å². The standard InChI is InChI=1S/C10H8ClN3O2S/c11-9-7(2-1-3-12-9)14-10-13-6(5-17-10)4-8(15)16/h1-3,5H,4H2,(H,13,14)(H,15,16). The molecule has 5 nitrogen and oxygen atoms in total. The van der Waals surface area contributed by atoms with Crippen molar-refractivity contribution in [2.75, 3.05) is 5.32 Å². The minimum absolute atomic E-state index is 0.0844. The van der Waals surface area contributed by atoms with Crippen LogP contribution in [-0.2, 0) is 11.2 Å². The van der Waals surface area contributed by atoms with Crippen molar-refractivity contribution in [3.63, 3.8) is 0 Å². The van der Waals surface area contributed by atoms with Crippen LogP contribution in [0.15, 0.2) is 23.7 Å². The molecule has 2 N–H and O–H groups in total. The molecule has 7 heteroatoms. The first-order chi connectivity index (χ1) is 8.15. The van der Waals surface area contributed by atoms with Gasteiger partial charge in [0.05, 0.1) is 17.8 Å². The summed E-state index contributed by atoms with van der Waals surface area (Å²) in [5, 5.41) is 14.2. The first kappa shape index (κ1) is 11.8. The van der Waals surface area contributed by atoms with Crippen LogP contribution in [0.2, 0.25) is 5.15 Å². The molecule has 2 aromatic rings. The Morgan fingerprint density at radius 3 is 3.12 bits per heavy atom. The van der Waals surface area contributed by atoms with Gasteiger partial charge in [0.1, 0.15) is 0 Å². The van der Waals surface area contributed by atoms with Gasteiger partial charge in [0, 0.05) is 11.6 Å². The van der Waals surface area contributed by atoms with Crippen LogP contribution in [0.3, 0.4) is 0 Å². The summed E-state index contributed by atoms with van der Waals surface area (Å²) in [7, 11) is 0. The molecule has 2 aromatic heterocycles. The Kier molecular flexibility index (Phi) is 3.55. The second-order valence-electron chi connectivity index (χ2n) is 3.18. The highest BCUT2D eigenvalue weighted by Gasteiger charge is 2.07. The van der Waals surface area contributed by atoms with Gasteiger partial charge in [-0.15, -0.1) is 11.3 Å². The van der Waals surface area contributed by atoms with E-state index >= 15 is 0 Å². The maximum atomic E-state index is 10.5. The fourth-order valence-electron chi connectivity index (χ4n) is 1.20. The Balaban J connectivity index is 2.12. The quantitative estimate of drug-likeness (QED) is 0.835. The second-order valence-corrected chi connectivity index (χ2v) is 4.40. The maximum Gasteiger partial charge on any atom is 0.309 e. The van der Waals surface area contributed by atoms with Crippen LogP contribution in [0.25, 0.3) is 0 Å². The van der Waals surface area contributed by atoms with Crippen LogP contribution in [0.5, 0.6) is 0 Å². The molecule has 0 aliphatic carbocycles. The number of aromatic nitrogens is 2. The fourth-order valence-corrected chi connectivity index (χ4v) is 2.08. The Bertz CT molecular complexity index is 544. The maximum absolute atomic E-state index is 10.5. The molecule has 0 bridgehead atoms. The van der Waals surface area contributed by atoms with Crippen LogP contribution < -0.4 is 5.32 Å². The second kappa shape index (κ2) is 5.11. The normalized spacial score (nSPS) is 10.2. The first-order valence-electron chi connectivity index (χ1n) is 4.69. The number of hydrogen-bond donors (Lipinski definition) is 2. The third kappa shape index (κ3) is 3.15. The average Bonchev–Trinajstić information content (AvgIpc) is 2.68. The molecule has 2 rings (SSSR count). The van der Waals surface area contributed by atoms with Gasteiger partial charge in [-0.3, -0.25) is 4.79 Å². The van der Waals surface area contributed by atoms with Gasteiger partial charge in [0.25, 0.3) is 0 Å². The zero-order valence-electron chi connectivity index (χ0n) is 8.55. The molecule has 0 aromatic carbocycles. The Morgan fingerprint density at radius 1 is 1.59 bits per heavy atom. The monoisotopic (exact) mass is 269 g/mol. The molecule has 0 saturated heterocycles. The summed E-state index contributed by atoms with van der Waals surface area (Å²) in [6.07, 6.45) is 1.50. The van der Waals surface area contributed by atoms with Crippen LogP contribution in [-0.4, -0.2) is 21.0 Å². The topological polar surface area (TPSA) is 75.1 Å². The highest BCUT2D eigenvalue weighted by molar-refractivity contribution is 7.13. The average molecular weight is 270 g/mol. The molecule has 0 amide bonds. The molecule has 0 saturated carbocycles. The van der Waals surface area contributed by atoms with E-state index < -0.39 is 5.97 Å². The number of halogens is 1. The molecule has 0 aliphatic rings. The zero-order chi connectivity index (χ0) is 12.3. The predicted molar refractivity (Wildman–Crippen MR) is 66.0 cm³/mol. The lowest BCUT2D eigenvalue weighted by Crippen LogP contribution is -2.00. The van der Waals surface area contributed by atoms with Crippen molar-refractivity contribution < 1.29 is 9.90 Å². The van der Waals surface area contributed by atoms with E-state index in [1.54, 1.807) is 23.7 Å². The zero-order valence-corrected chi connectivity index (χ0v) is 10.1. The number of carboxylic acids is 1. The number of rotatable bonds is 4. The predicted octanol–water partition coefficient (Wildman–Crippen LogP) is 2.56. The van der Waals surface area contributed by atoms with E-state index in [0.717, 1.165) is 0 Å². The largest absolute Gasteiger partial charge is 0.481 e. The van der Waals surface area contributed by atoms with Gasteiger partial charge < -0.3 is 10.4 Å². The van der Waals surface area contributed by atoms with E-state index in [1.807, 2.05) is 0 Å². The summed E-state index contributed by atoms with van der Waals surface area (Å²) in [5.41, 5.74) is 1.16. The number of thiazole rings is 1. The minimum atomic E-state index is -0.902. The van der Waals surface area contributed by atoms with Crippen molar-refractivity contribution in [2.24, 2.45) is 0 Å². The van der Waals surface area contributed by atoms with Crippen LogP contribution >= 0.6 is 22.9 Å². The van der Waals surface area contributed by atoms with Gasteiger partial charge >= 0.3 is 5.97 Å². The molecular weight excluding hydrogens is 262 g/mol. The van der Waals surface area contributed by atoms with E-state index in [9.17, 15) is 4.79 Å². The summed E-state index contributed by atoms with van der Waals surface area (Å²) < 4.78 is 0. The lowest BCUT2D eigenvalue weighted by Gasteiger charge is -2.02. The third-order valence-electron chi connectivity index (χ3n) is 1.88. The molecule has 0 spiro atoms. The smallest absolute Gasteiger partial charge is 0.309 e. The van der Waals surface area contributed by atoms with E-state index in [0.29, 0.717) is 21.7 Å². The molecule has 17 heavy (non-hydrogen) atoms. The van der Waals surface area contributed by atoms with Crippen molar-refractivity contribution in [1.29, 1.82) is 0 Å². The van der Waals surface area contributed by atoms with Crippen molar-refractivity contribution in [3.05, 3.63) is 34.6 Å². The summed E-state index contributed by atoms with van der Waals surface area (Å²) in [6, 6.07) is 3.52. The third-order valence-corrected chi connectivity index (χ3v) is 2.99. The number of pyridine rings is 1. The highest BCUT2D eigenvalue weighted by Crippen LogP contribution is 2.25. The van der Waals surface area contributed by atoms with Crippen molar-refractivity contribution >= 4 is 39.7 Å². The van der Waals surface area contributed by atoms with E-state index in [1.165, 1.54) is 11.3 Å². The number of nitrogens with zero attached hydrogens (tertiary/aromatic N) is 2. The number of carboxylic acid groups (broad SMARTS) is 1. The van der Waals surface area contributed by atoms with Crippen LogP contribution in [0.1, 0.15) is 5.69 Å². The molecular formula is C10H8ClN3O2S. The van der Waals surface area contributed by atoms with Gasteiger partial charge in [-0.25, -0.2) is 9.97 Å². The molecule has 0 radical (unpaired) electrons. The van der Waals surface area contributed by atoms with E-state index in [4.69, 9.17) is 16.7 Å². The summed E-state index contributed by atoms with van der Waals surface area (Å²) >= 11 is 7.20. The van der Waals surface area contributed by atoms with Gasteiger partial charge in [0.2, 0.25) is 0 Å². The van der Waals surface area contributed by atoms with Gasteiger partial charge in [-0.1, -0.05) is 11.6 Å². The Hall–Kier alpha value is -1.66. The number of hydrogen-bond acceptors (Lipinski definition) is 5. The number of aliphatic carboxylic acids is 1.